The summed E-state index contributed by atoms with van der Waals surface area (Å²) in [5, 5.41) is 20.9. The second-order valence-corrected chi connectivity index (χ2v) is 8.70. The molecular formula is C24H50N2O2. The summed E-state index contributed by atoms with van der Waals surface area (Å²) >= 11 is 0. The Kier molecular flexibility index (Phi) is 18.3. The van der Waals surface area contributed by atoms with Crippen molar-refractivity contribution in [2.75, 3.05) is 6.54 Å². The quantitative estimate of drug-likeness (QED) is 0.167. The number of hydrogen-bond acceptors (Lipinski definition) is 4. The summed E-state index contributed by atoms with van der Waals surface area (Å²) in [7, 11) is 0. The molecule has 0 aliphatic heterocycles. The first-order valence-electron chi connectivity index (χ1n) is 12.0. The summed E-state index contributed by atoms with van der Waals surface area (Å²) in [5.74, 6) is 0. The number of aliphatic hydroxyl groups excluding tert-OH is 2. The summed E-state index contributed by atoms with van der Waals surface area (Å²) in [6.45, 7) is 4.88. The Balaban J connectivity index is 4.26. The zero-order valence-corrected chi connectivity index (χ0v) is 18.9. The van der Waals surface area contributed by atoms with E-state index < -0.39 is 17.7 Å². The van der Waals surface area contributed by atoms with Crippen LogP contribution in [-0.2, 0) is 0 Å². The largest absolute Gasteiger partial charge is 0.393 e. The minimum absolute atomic E-state index is 0.417. The van der Waals surface area contributed by atoms with Crippen LogP contribution in [0.25, 0.3) is 0 Å². The predicted molar refractivity (Wildman–Crippen MR) is 122 cm³/mol. The van der Waals surface area contributed by atoms with Crippen LogP contribution in [0.15, 0.2) is 12.2 Å². The molecule has 28 heavy (non-hydrogen) atoms. The van der Waals surface area contributed by atoms with Gasteiger partial charge in [0.25, 0.3) is 0 Å². The van der Waals surface area contributed by atoms with Crippen molar-refractivity contribution in [2.45, 2.75) is 134 Å². The van der Waals surface area contributed by atoms with Gasteiger partial charge < -0.3 is 21.7 Å². The molecule has 2 unspecified atom stereocenters. The highest BCUT2D eigenvalue weighted by molar-refractivity contribution is 5.07. The number of nitrogens with two attached hydrogens (primary N) is 2. The Morgan fingerprint density at radius 2 is 1.11 bits per heavy atom. The van der Waals surface area contributed by atoms with Crippen molar-refractivity contribution < 1.29 is 10.2 Å². The molecule has 0 aliphatic carbocycles. The number of unbranched alkanes of at least 4 members (excludes halogenated alkanes) is 10. The first-order chi connectivity index (χ1) is 13.5. The van der Waals surface area contributed by atoms with Gasteiger partial charge in [0.2, 0.25) is 0 Å². The molecule has 0 spiro atoms. The van der Waals surface area contributed by atoms with Gasteiger partial charge in [-0.1, -0.05) is 103 Å². The van der Waals surface area contributed by atoms with E-state index in [-0.39, 0.29) is 0 Å². The molecule has 0 aromatic carbocycles. The fraction of sp³-hybridized carbons (Fsp3) is 0.917. The molecule has 4 heteroatoms. The van der Waals surface area contributed by atoms with Gasteiger partial charge in [0, 0.05) is 12.1 Å². The van der Waals surface area contributed by atoms with E-state index in [1.54, 1.807) is 0 Å². The molecule has 0 aromatic rings. The van der Waals surface area contributed by atoms with Crippen LogP contribution < -0.4 is 11.5 Å². The fourth-order valence-corrected chi connectivity index (χ4v) is 3.92. The monoisotopic (exact) mass is 398 g/mol. The van der Waals surface area contributed by atoms with E-state index in [1.807, 2.05) is 12.2 Å². The van der Waals surface area contributed by atoms with Gasteiger partial charge in [-0.3, -0.25) is 0 Å². The third-order valence-corrected chi connectivity index (χ3v) is 5.60. The summed E-state index contributed by atoms with van der Waals surface area (Å²) in [5.41, 5.74) is 11.5. The summed E-state index contributed by atoms with van der Waals surface area (Å²) in [6, 6.07) is 0. The Bertz CT molecular complexity index is 337. The third kappa shape index (κ3) is 16.5. The van der Waals surface area contributed by atoms with Crippen molar-refractivity contribution in [3.63, 3.8) is 0 Å². The first-order valence-corrected chi connectivity index (χ1v) is 12.0. The Morgan fingerprint density at radius 3 is 1.50 bits per heavy atom. The zero-order chi connectivity index (χ0) is 21.1. The van der Waals surface area contributed by atoms with Crippen molar-refractivity contribution in [3.8, 4) is 0 Å². The fourth-order valence-electron chi connectivity index (χ4n) is 3.92. The molecule has 0 amide bonds. The van der Waals surface area contributed by atoms with E-state index in [1.165, 1.54) is 64.2 Å². The molecule has 2 atom stereocenters. The Morgan fingerprint density at radius 1 is 0.714 bits per heavy atom. The highest BCUT2D eigenvalue weighted by atomic mass is 16.3. The van der Waals surface area contributed by atoms with Crippen LogP contribution in [0.1, 0.15) is 117 Å². The van der Waals surface area contributed by atoms with Gasteiger partial charge in [0.1, 0.15) is 0 Å². The van der Waals surface area contributed by atoms with E-state index in [4.69, 9.17) is 11.5 Å². The molecule has 0 saturated carbocycles. The summed E-state index contributed by atoms with van der Waals surface area (Å²) < 4.78 is 0. The average Bonchev–Trinajstić information content (AvgIpc) is 2.65. The lowest BCUT2D eigenvalue weighted by atomic mass is 9.84. The van der Waals surface area contributed by atoms with Crippen molar-refractivity contribution in [1.29, 1.82) is 0 Å². The molecule has 0 fully saturated rings. The maximum Gasteiger partial charge on any atom is 0.0560 e. The number of aliphatic hydroxyl groups is 2. The van der Waals surface area contributed by atoms with E-state index in [0.717, 1.165) is 25.7 Å². The maximum absolute atomic E-state index is 10.5. The van der Waals surface area contributed by atoms with Gasteiger partial charge in [-0.2, -0.15) is 0 Å². The third-order valence-electron chi connectivity index (χ3n) is 5.60. The van der Waals surface area contributed by atoms with Crippen molar-refractivity contribution in [1.82, 2.24) is 0 Å². The minimum atomic E-state index is -0.678. The van der Waals surface area contributed by atoms with Crippen LogP contribution in [0.2, 0.25) is 0 Å². The lowest BCUT2D eigenvalue weighted by Gasteiger charge is -2.31. The number of hydrogen-bond donors (Lipinski definition) is 4. The first kappa shape index (κ1) is 27.6. The summed E-state index contributed by atoms with van der Waals surface area (Å²) in [6.07, 6.45) is 20.1. The summed E-state index contributed by atoms with van der Waals surface area (Å²) in [4.78, 5) is 0. The molecule has 0 aliphatic rings. The van der Waals surface area contributed by atoms with Gasteiger partial charge in [0.15, 0.2) is 0 Å². The maximum atomic E-state index is 10.5. The van der Waals surface area contributed by atoms with Gasteiger partial charge in [-0.15, -0.1) is 0 Å². The molecule has 0 heterocycles. The standard InChI is InChI=1S/C24H50N2O2/c1-3-5-7-9-11-13-16-22(27)20-24(26,18-15-19-25)21-23(28)17-14-12-10-8-6-4-2/h15,18,22-23,27-28H,3-14,16-17,19-21,25-26H2,1-2H3/b18-15+. The van der Waals surface area contributed by atoms with Gasteiger partial charge in [0.05, 0.1) is 12.2 Å². The van der Waals surface area contributed by atoms with Crippen LogP contribution >= 0.6 is 0 Å². The van der Waals surface area contributed by atoms with Crippen LogP contribution in [0.4, 0.5) is 0 Å². The molecule has 0 saturated heterocycles. The molecule has 4 nitrogen and oxygen atoms in total. The SMILES string of the molecule is CCCCCCCCC(O)CC(N)(/C=C/CN)CC(O)CCCCCCCC. The van der Waals surface area contributed by atoms with Gasteiger partial charge in [-0.05, 0) is 25.7 Å². The van der Waals surface area contributed by atoms with Crippen LogP contribution in [0, 0.1) is 0 Å². The lowest BCUT2D eigenvalue weighted by molar-refractivity contribution is 0.0924. The molecular weight excluding hydrogens is 348 g/mol. The molecule has 0 bridgehead atoms. The zero-order valence-electron chi connectivity index (χ0n) is 18.9. The van der Waals surface area contributed by atoms with E-state index >= 15 is 0 Å². The van der Waals surface area contributed by atoms with Crippen LogP contribution in [0.5, 0.6) is 0 Å². The van der Waals surface area contributed by atoms with E-state index in [0.29, 0.717) is 19.4 Å². The van der Waals surface area contributed by atoms with Gasteiger partial charge in [-0.25, -0.2) is 0 Å². The van der Waals surface area contributed by atoms with Gasteiger partial charge >= 0.3 is 0 Å². The van der Waals surface area contributed by atoms with Crippen LogP contribution in [0.3, 0.4) is 0 Å². The predicted octanol–water partition coefficient (Wildman–Crippen LogP) is 5.20. The molecule has 6 N–H and O–H groups in total. The normalized spacial score (nSPS) is 16.4. The lowest BCUT2D eigenvalue weighted by Crippen LogP contribution is -2.44. The molecule has 168 valence electrons. The smallest absolute Gasteiger partial charge is 0.0560 e. The highest BCUT2D eigenvalue weighted by Crippen LogP contribution is 2.24. The second-order valence-electron chi connectivity index (χ2n) is 8.70. The van der Waals surface area contributed by atoms with Crippen molar-refractivity contribution >= 4 is 0 Å². The second kappa shape index (κ2) is 18.6. The topological polar surface area (TPSA) is 92.5 Å². The average molecular weight is 399 g/mol. The number of rotatable bonds is 20. The molecule has 0 radical (unpaired) electrons. The minimum Gasteiger partial charge on any atom is -0.393 e. The Labute approximate surface area is 175 Å². The van der Waals surface area contributed by atoms with Crippen LogP contribution in [-0.4, -0.2) is 34.5 Å². The Hall–Kier alpha value is -0.420. The van der Waals surface area contributed by atoms with E-state index in [2.05, 4.69) is 13.8 Å². The highest BCUT2D eigenvalue weighted by Gasteiger charge is 2.28. The van der Waals surface area contributed by atoms with E-state index in [9.17, 15) is 10.2 Å². The van der Waals surface area contributed by atoms with Crippen molar-refractivity contribution in [3.05, 3.63) is 12.2 Å². The molecule has 0 aromatic heterocycles. The molecule has 0 rings (SSSR count). The van der Waals surface area contributed by atoms with Crippen molar-refractivity contribution in [2.24, 2.45) is 11.5 Å².